The minimum Gasteiger partial charge on any atom is -0.462 e. The molecule has 1 unspecified atom stereocenters. The van der Waals surface area contributed by atoms with Gasteiger partial charge in [-0.05, 0) is 51.3 Å². The maximum Gasteiger partial charge on any atom is 0.343 e. The summed E-state index contributed by atoms with van der Waals surface area (Å²) in [5.74, 6) is 0.363. The van der Waals surface area contributed by atoms with Crippen LogP contribution in [0.5, 0.6) is 0 Å². The van der Waals surface area contributed by atoms with E-state index in [1.165, 1.54) is 18.0 Å². The quantitative estimate of drug-likeness (QED) is 0.838. The third-order valence-corrected chi connectivity index (χ3v) is 4.28. The molecule has 1 saturated heterocycles. The monoisotopic (exact) mass is 283 g/mol. The van der Waals surface area contributed by atoms with E-state index < -0.39 is 0 Å². The lowest BCUT2D eigenvalue weighted by Gasteiger charge is -2.12. The second-order valence-electron chi connectivity index (χ2n) is 4.99. The Morgan fingerprint density at radius 3 is 3.05 bits per heavy atom. The van der Waals surface area contributed by atoms with E-state index in [9.17, 15) is 4.79 Å². The molecule has 2 rings (SSSR count). The first-order valence-corrected chi connectivity index (χ1v) is 7.45. The molecule has 106 valence electrons. The van der Waals surface area contributed by atoms with E-state index in [1.54, 1.807) is 0 Å². The van der Waals surface area contributed by atoms with Crippen molar-refractivity contribution in [1.29, 1.82) is 0 Å². The molecule has 0 amide bonds. The van der Waals surface area contributed by atoms with E-state index >= 15 is 0 Å². The molecule has 1 aliphatic heterocycles. The first kappa shape index (κ1) is 14.3. The Balaban J connectivity index is 1.98. The van der Waals surface area contributed by atoms with Crippen molar-refractivity contribution >= 4 is 22.5 Å². The Morgan fingerprint density at radius 1 is 1.63 bits per heavy atom. The molecule has 0 radical (unpaired) electrons. The maximum absolute atomic E-state index is 11.9. The van der Waals surface area contributed by atoms with Gasteiger partial charge in [-0.25, -0.2) is 4.79 Å². The van der Waals surface area contributed by atoms with Crippen LogP contribution in [0.2, 0.25) is 0 Å². The molecular weight excluding hydrogens is 262 g/mol. The zero-order valence-corrected chi connectivity index (χ0v) is 12.5. The van der Waals surface area contributed by atoms with Crippen LogP contribution in [0.25, 0.3) is 0 Å². The molecule has 1 fully saturated rings. The maximum atomic E-state index is 11.9. The largest absolute Gasteiger partial charge is 0.462 e. The van der Waals surface area contributed by atoms with Crippen LogP contribution >= 0.6 is 11.5 Å². The highest BCUT2D eigenvalue weighted by Crippen LogP contribution is 2.26. The number of carbonyl (C=O) groups is 1. The average molecular weight is 283 g/mol. The Bertz CT molecular complexity index is 447. The van der Waals surface area contributed by atoms with Crippen molar-refractivity contribution in [2.24, 2.45) is 5.92 Å². The number of rotatable bonds is 5. The predicted octanol–water partition coefficient (Wildman–Crippen LogP) is 1.99. The molecule has 0 bridgehead atoms. The zero-order valence-electron chi connectivity index (χ0n) is 11.7. The van der Waals surface area contributed by atoms with E-state index in [2.05, 4.69) is 21.6 Å². The fourth-order valence-electron chi connectivity index (χ4n) is 2.36. The number of esters is 1. The van der Waals surface area contributed by atoms with Gasteiger partial charge in [0.25, 0.3) is 0 Å². The number of ether oxygens (including phenoxy) is 1. The normalized spacial score (nSPS) is 19.6. The smallest absolute Gasteiger partial charge is 0.343 e. The van der Waals surface area contributed by atoms with Crippen LogP contribution in [-0.2, 0) is 4.74 Å². The zero-order chi connectivity index (χ0) is 13.8. The summed E-state index contributed by atoms with van der Waals surface area (Å²) in [6.45, 7) is 7.20. The summed E-state index contributed by atoms with van der Waals surface area (Å²) in [5.41, 5.74) is 1.34. The third kappa shape index (κ3) is 3.45. The van der Waals surface area contributed by atoms with Crippen molar-refractivity contribution in [2.75, 3.05) is 38.6 Å². The fraction of sp³-hybridized carbons (Fsp3) is 0.692. The van der Waals surface area contributed by atoms with E-state index in [0.29, 0.717) is 18.1 Å². The first-order chi connectivity index (χ1) is 9.11. The highest BCUT2D eigenvalue weighted by atomic mass is 32.1. The van der Waals surface area contributed by atoms with Crippen molar-refractivity contribution in [2.45, 2.75) is 20.3 Å². The summed E-state index contributed by atoms with van der Waals surface area (Å²) in [6.07, 6.45) is 1.20. The molecule has 1 aromatic heterocycles. The topological polar surface area (TPSA) is 54.5 Å². The molecule has 1 aromatic rings. The van der Waals surface area contributed by atoms with E-state index in [-0.39, 0.29) is 5.97 Å². The number of hydrogen-bond donors (Lipinski definition) is 1. The Kier molecular flexibility index (Phi) is 4.76. The van der Waals surface area contributed by atoms with Crippen LogP contribution in [-0.4, -0.2) is 48.5 Å². The molecule has 1 N–H and O–H groups in total. The van der Waals surface area contributed by atoms with Crippen LogP contribution in [0.15, 0.2) is 0 Å². The van der Waals surface area contributed by atoms with Gasteiger partial charge in [-0.2, -0.15) is 4.37 Å². The first-order valence-electron chi connectivity index (χ1n) is 6.67. The van der Waals surface area contributed by atoms with Crippen molar-refractivity contribution in [3.8, 4) is 0 Å². The van der Waals surface area contributed by atoms with Gasteiger partial charge in [0.15, 0.2) is 0 Å². The van der Waals surface area contributed by atoms with Gasteiger partial charge in [0.05, 0.1) is 12.3 Å². The van der Waals surface area contributed by atoms with E-state index in [4.69, 9.17) is 4.74 Å². The molecule has 5 nitrogen and oxygen atoms in total. The van der Waals surface area contributed by atoms with Gasteiger partial charge in [-0.1, -0.05) is 0 Å². The highest BCUT2D eigenvalue weighted by Gasteiger charge is 2.22. The van der Waals surface area contributed by atoms with E-state index in [0.717, 1.165) is 30.3 Å². The number of aromatic nitrogens is 1. The molecule has 0 aromatic carbocycles. The molecule has 0 saturated carbocycles. The minimum atomic E-state index is -0.278. The van der Waals surface area contributed by atoms with Gasteiger partial charge in [0.2, 0.25) is 0 Å². The SMILES string of the molecule is CCOC(=O)c1c(C)nsc1NCC1CCN(C)C1. The molecule has 0 aliphatic carbocycles. The van der Waals surface area contributed by atoms with Crippen molar-refractivity contribution in [3.63, 3.8) is 0 Å². The van der Waals surface area contributed by atoms with Crippen molar-refractivity contribution in [1.82, 2.24) is 9.27 Å². The molecule has 19 heavy (non-hydrogen) atoms. The van der Waals surface area contributed by atoms with Crippen LogP contribution in [0, 0.1) is 12.8 Å². The number of nitrogens with one attached hydrogen (secondary N) is 1. The van der Waals surface area contributed by atoms with Crippen LogP contribution in [0.4, 0.5) is 5.00 Å². The molecule has 6 heteroatoms. The Hall–Kier alpha value is -1.14. The number of nitrogens with zero attached hydrogens (tertiary/aromatic N) is 2. The van der Waals surface area contributed by atoms with Gasteiger partial charge in [-0.15, -0.1) is 0 Å². The summed E-state index contributed by atoms with van der Waals surface area (Å²) < 4.78 is 9.32. The Morgan fingerprint density at radius 2 is 2.42 bits per heavy atom. The van der Waals surface area contributed by atoms with Crippen LogP contribution in [0.3, 0.4) is 0 Å². The van der Waals surface area contributed by atoms with Gasteiger partial charge in [0.1, 0.15) is 10.6 Å². The summed E-state index contributed by atoms with van der Waals surface area (Å²) in [5, 5.41) is 4.20. The number of anilines is 1. The lowest BCUT2D eigenvalue weighted by molar-refractivity contribution is 0.0527. The molecule has 0 spiro atoms. The van der Waals surface area contributed by atoms with Crippen molar-refractivity contribution in [3.05, 3.63) is 11.3 Å². The van der Waals surface area contributed by atoms with Gasteiger partial charge in [-0.3, -0.25) is 0 Å². The summed E-state index contributed by atoms with van der Waals surface area (Å²) in [7, 11) is 2.14. The second kappa shape index (κ2) is 6.34. The number of aryl methyl sites for hydroxylation is 1. The van der Waals surface area contributed by atoms with Crippen molar-refractivity contribution < 1.29 is 9.53 Å². The van der Waals surface area contributed by atoms with E-state index in [1.807, 2.05) is 13.8 Å². The van der Waals surface area contributed by atoms with Gasteiger partial charge >= 0.3 is 5.97 Å². The predicted molar refractivity (Wildman–Crippen MR) is 76.9 cm³/mol. The van der Waals surface area contributed by atoms with Gasteiger partial charge < -0.3 is 15.0 Å². The summed E-state index contributed by atoms with van der Waals surface area (Å²) in [4.78, 5) is 14.2. The lowest BCUT2D eigenvalue weighted by atomic mass is 10.1. The number of carbonyl (C=O) groups excluding carboxylic acids is 1. The average Bonchev–Trinajstić information content (AvgIpc) is 2.93. The number of hydrogen-bond acceptors (Lipinski definition) is 6. The summed E-state index contributed by atoms with van der Waals surface area (Å²) in [6, 6.07) is 0. The standard InChI is InChI=1S/C13H21N3O2S/c1-4-18-13(17)11-9(2)15-19-12(11)14-7-10-5-6-16(3)8-10/h10,14H,4-8H2,1-3H3. The lowest BCUT2D eigenvalue weighted by Crippen LogP contribution is -2.19. The minimum absolute atomic E-state index is 0.278. The van der Waals surface area contributed by atoms with Crippen LogP contribution in [0.1, 0.15) is 29.4 Å². The second-order valence-corrected chi connectivity index (χ2v) is 5.76. The summed E-state index contributed by atoms with van der Waals surface area (Å²) >= 11 is 1.34. The fourth-order valence-corrected chi connectivity index (χ4v) is 3.15. The Labute approximate surface area is 118 Å². The van der Waals surface area contributed by atoms with Gasteiger partial charge in [0, 0.05) is 13.1 Å². The molecule has 1 aliphatic rings. The molecule has 2 heterocycles. The highest BCUT2D eigenvalue weighted by molar-refractivity contribution is 7.10. The third-order valence-electron chi connectivity index (χ3n) is 3.38. The van der Waals surface area contributed by atoms with Crippen LogP contribution < -0.4 is 5.32 Å². The molecular formula is C13H21N3O2S. The molecule has 1 atom stereocenters. The number of likely N-dealkylation sites (tertiary alicyclic amines) is 1.